The summed E-state index contributed by atoms with van der Waals surface area (Å²) in [5.74, 6) is 0.681. The predicted molar refractivity (Wildman–Crippen MR) is 77.7 cm³/mol. The molecule has 0 unspecified atom stereocenters. The number of halogens is 1. The molecule has 1 aromatic carbocycles. The SMILES string of the molecule is COC(=O)CCN(C)Cc1noc(-c2ccccc2Cl)n1. The van der Waals surface area contributed by atoms with Crippen molar-refractivity contribution in [2.45, 2.75) is 13.0 Å². The monoisotopic (exact) mass is 309 g/mol. The Bertz CT molecular complexity index is 615. The van der Waals surface area contributed by atoms with E-state index in [2.05, 4.69) is 14.9 Å². The Labute approximate surface area is 127 Å². The molecule has 0 fully saturated rings. The second-order valence-corrected chi connectivity index (χ2v) is 4.97. The van der Waals surface area contributed by atoms with E-state index in [0.29, 0.717) is 41.8 Å². The van der Waals surface area contributed by atoms with Crippen molar-refractivity contribution in [2.75, 3.05) is 20.7 Å². The Morgan fingerprint density at radius 2 is 2.19 bits per heavy atom. The molecule has 1 aromatic heterocycles. The van der Waals surface area contributed by atoms with Crippen molar-refractivity contribution in [1.82, 2.24) is 15.0 Å². The van der Waals surface area contributed by atoms with Crippen LogP contribution in [0.3, 0.4) is 0 Å². The zero-order valence-electron chi connectivity index (χ0n) is 11.9. The highest BCUT2D eigenvalue weighted by molar-refractivity contribution is 6.33. The van der Waals surface area contributed by atoms with E-state index in [9.17, 15) is 4.79 Å². The van der Waals surface area contributed by atoms with Gasteiger partial charge in [0.15, 0.2) is 5.82 Å². The van der Waals surface area contributed by atoms with E-state index in [1.54, 1.807) is 6.07 Å². The molecule has 0 saturated carbocycles. The molecule has 2 rings (SSSR count). The van der Waals surface area contributed by atoms with Crippen LogP contribution in [0.25, 0.3) is 11.5 Å². The van der Waals surface area contributed by atoms with Crippen LogP contribution in [0.4, 0.5) is 0 Å². The standard InChI is InChI=1S/C14H16ClN3O3/c1-18(8-7-13(19)20-2)9-12-16-14(21-17-12)10-5-3-4-6-11(10)15/h3-6H,7-9H2,1-2H3. The van der Waals surface area contributed by atoms with E-state index in [1.165, 1.54) is 7.11 Å². The molecule has 2 aromatic rings. The molecule has 112 valence electrons. The minimum atomic E-state index is -0.244. The van der Waals surface area contributed by atoms with Crippen LogP contribution in [0.15, 0.2) is 28.8 Å². The molecule has 0 amide bonds. The zero-order valence-corrected chi connectivity index (χ0v) is 12.6. The summed E-state index contributed by atoms with van der Waals surface area (Å²) in [5, 5.41) is 4.48. The Kier molecular flexibility index (Phi) is 5.30. The summed E-state index contributed by atoms with van der Waals surface area (Å²) in [6, 6.07) is 7.28. The Balaban J connectivity index is 1.97. The molecule has 0 bridgehead atoms. The van der Waals surface area contributed by atoms with Crippen LogP contribution in [0.5, 0.6) is 0 Å². The van der Waals surface area contributed by atoms with Gasteiger partial charge in [-0.05, 0) is 19.2 Å². The number of aromatic nitrogens is 2. The van der Waals surface area contributed by atoms with E-state index >= 15 is 0 Å². The summed E-state index contributed by atoms with van der Waals surface area (Å²) in [6.07, 6.45) is 0.322. The fourth-order valence-corrected chi connectivity index (χ4v) is 1.98. The first-order valence-corrected chi connectivity index (χ1v) is 6.81. The third-order valence-electron chi connectivity index (χ3n) is 2.91. The molecule has 6 nitrogen and oxygen atoms in total. The number of benzene rings is 1. The molecular formula is C14H16ClN3O3. The molecule has 0 spiro atoms. The Morgan fingerprint density at radius 3 is 2.90 bits per heavy atom. The third-order valence-corrected chi connectivity index (χ3v) is 3.24. The smallest absolute Gasteiger partial charge is 0.306 e. The fraction of sp³-hybridized carbons (Fsp3) is 0.357. The lowest BCUT2D eigenvalue weighted by Crippen LogP contribution is -2.22. The maximum absolute atomic E-state index is 11.1. The van der Waals surface area contributed by atoms with Crippen LogP contribution in [-0.4, -0.2) is 41.7 Å². The predicted octanol–water partition coefficient (Wildman–Crippen LogP) is 2.38. The molecule has 0 aliphatic carbocycles. The second kappa shape index (κ2) is 7.19. The first kappa shape index (κ1) is 15.5. The van der Waals surface area contributed by atoms with E-state index in [4.69, 9.17) is 16.1 Å². The highest BCUT2D eigenvalue weighted by Crippen LogP contribution is 2.25. The topological polar surface area (TPSA) is 68.5 Å². The van der Waals surface area contributed by atoms with Crippen molar-refractivity contribution in [3.05, 3.63) is 35.1 Å². The summed E-state index contributed by atoms with van der Waals surface area (Å²) in [6.45, 7) is 1.04. The van der Waals surface area contributed by atoms with Gasteiger partial charge in [0.2, 0.25) is 0 Å². The van der Waals surface area contributed by atoms with Crippen molar-refractivity contribution >= 4 is 17.6 Å². The Hall–Kier alpha value is -1.92. The largest absolute Gasteiger partial charge is 0.469 e. The number of nitrogens with zero attached hydrogens (tertiary/aromatic N) is 3. The molecule has 0 saturated heterocycles. The number of methoxy groups -OCH3 is 1. The first-order chi connectivity index (χ1) is 10.1. The van der Waals surface area contributed by atoms with Crippen molar-refractivity contribution < 1.29 is 14.1 Å². The van der Waals surface area contributed by atoms with Gasteiger partial charge in [0, 0.05) is 6.54 Å². The molecule has 0 atom stereocenters. The van der Waals surface area contributed by atoms with Gasteiger partial charge in [0.05, 0.1) is 30.7 Å². The highest BCUT2D eigenvalue weighted by Gasteiger charge is 2.13. The van der Waals surface area contributed by atoms with Crippen LogP contribution in [-0.2, 0) is 16.1 Å². The van der Waals surface area contributed by atoms with Gasteiger partial charge < -0.3 is 9.26 Å². The number of esters is 1. The van der Waals surface area contributed by atoms with Crippen LogP contribution in [0, 0.1) is 0 Å². The van der Waals surface area contributed by atoms with Gasteiger partial charge >= 0.3 is 5.97 Å². The van der Waals surface area contributed by atoms with Gasteiger partial charge in [0.25, 0.3) is 5.89 Å². The summed E-state index contributed by atoms with van der Waals surface area (Å²) in [7, 11) is 3.24. The maximum atomic E-state index is 11.1. The van der Waals surface area contributed by atoms with Crippen molar-refractivity contribution in [2.24, 2.45) is 0 Å². The number of carbonyl (C=O) groups is 1. The normalized spacial score (nSPS) is 10.9. The first-order valence-electron chi connectivity index (χ1n) is 6.43. The fourth-order valence-electron chi connectivity index (χ4n) is 1.77. The maximum Gasteiger partial charge on any atom is 0.306 e. The van der Waals surface area contributed by atoms with Gasteiger partial charge in [-0.3, -0.25) is 9.69 Å². The van der Waals surface area contributed by atoms with Gasteiger partial charge in [-0.15, -0.1) is 0 Å². The van der Waals surface area contributed by atoms with Crippen molar-refractivity contribution in [3.8, 4) is 11.5 Å². The average molecular weight is 310 g/mol. The van der Waals surface area contributed by atoms with Crippen LogP contribution in [0.2, 0.25) is 5.02 Å². The second-order valence-electron chi connectivity index (χ2n) is 4.56. The minimum absolute atomic E-state index is 0.244. The van der Waals surface area contributed by atoms with Crippen LogP contribution >= 0.6 is 11.6 Å². The number of ether oxygens (including phenoxy) is 1. The van der Waals surface area contributed by atoms with E-state index in [1.807, 2.05) is 30.1 Å². The number of hydrogen-bond donors (Lipinski definition) is 0. The minimum Gasteiger partial charge on any atom is -0.469 e. The summed E-state index contributed by atoms with van der Waals surface area (Å²) < 4.78 is 9.81. The van der Waals surface area contributed by atoms with Crippen LogP contribution in [0.1, 0.15) is 12.2 Å². The van der Waals surface area contributed by atoms with E-state index in [0.717, 1.165) is 0 Å². The quantitative estimate of drug-likeness (QED) is 0.763. The van der Waals surface area contributed by atoms with Crippen molar-refractivity contribution in [3.63, 3.8) is 0 Å². The van der Waals surface area contributed by atoms with E-state index < -0.39 is 0 Å². The molecule has 0 radical (unpaired) electrons. The Morgan fingerprint density at radius 1 is 1.43 bits per heavy atom. The lowest BCUT2D eigenvalue weighted by atomic mass is 10.2. The van der Waals surface area contributed by atoms with E-state index in [-0.39, 0.29) is 5.97 Å². The molecule has 0 N–H and O–H groups in total. The molecule has 1 heterocycles. The summed E-state index contributed by atoms with van der Waals surface area (Å²) in [4.78, 5) is 17.3. The zero-order chi connectivity index (χ0) is 15.2. The average Bonchev–Trinajstić information content (AvgIpc) is 2.93. The highest BCUT2D eigenvalue weighted by atomic mass is 35.5. The van der Waals surface area contributed by atoms with Gasteiger partial charge in [-0.1, -0.05) is 28.9 Å². The lowest BCUT2D eigenvalue weighted by molar-refractivity contribution is -0.140. The van der Waals surface area contributed by atoms with Crippen LogP contribution < -0.4 is 0 Å². The molecule has 7 heteroatoms. The van der Waals surface area contributed by atoms with Gasteiger partial charge in [0.1, 0.15) is 0 Å². The molecule has 21 heavy (non-hydrogen) atoms. The summed E-state index contributed by atoms with van der Waals surface area (Å²) >= 11 is 6.08. The number of hydrogen-bond acceptors (Lipinski definition) is 6. The molecular weight excluding hydrogens is 294 g/mol. The number of carbonyl (C=O) groups excluding carboxylic acids is 1. The third kappa shape index (κ3) is 4.27. The molecule has 0 aliphatic rings. The molecule has 0 aliphatic heterocycles. The van der Waals surface area contributed by atoms with Gasteiger partial charge in [-0.25, -0.2) is 0 Å². The van der Waals surface area contributed by atoms with Gasteiger partial charge in [-0.2, -0.15) is 4.98 Å². The number of rotatable bonds is 6. The lowest BCUT2D eigenvalue weighted by Gasteiger charge is -2.12. The van der Waals surface area contributed by atoms with Crippen molar-refractivity contribution in [1.29, 1.82) is 0 Å². The summed E-state index contributed by atoms with van der Waals surface area (Å²) in [5.41, 5.74) is 0.704.